The van der Waals surface area contributed by atoms with Crippen LogP contribution >= 0.6 is 0 Å². The van der Waals surface area contributed by atoms with Crippen LogP contribution in [-0.4, -0.2) is 4.92 Å². The molecule has 2 N–H and O–H groups in total. The molecule has 3 rings (SSSR count). The van der Waals surface area contributed by atoms with Crippen LogP contribution in [0.1, 0.15) is 0 Å². The fourth-order valence-electron chi connectivity index (χ4n) is 1.94. The molecule has 84 valence electrons. The van der Waals surface area contributed by atoms with Crippen LogP contribution in [0.25, 0.3) is 21.9 Å². The molecular weight excluding hydrogens is 220 g/mol. The van der Waals surface area contributed by atoms with Crippen molar-refractivity contribution < 1.29 is 9.34 Å². The van der Waals surface area contributed by atoms with E-state index in [-0.39, 0.29) is 11.4 Å². The zero-order chi connectivity index (χ0) is 12.0. The normalized spacial score (nSPS) is 11.1. The lowest BCUT2D eigenvalue weighted by atomic mass is 10.1. The predicted molar refractivity (Wildman–Crippen MR) is 64.8 cm³/mol. The average Bonchev–Trinajstić information content (AvgIpc) is 2.65. The van der Waals surface area contributed by atoms with E-state index in [9.17, 15) is 10.1 Å². The number of nitrogens with two attached hydrogens (primary N) is 1. The van der Waals surface area contributed by atoms with Gasteiger partial charge in [-0.15, -0.1) is 0 Å². The summed E-state index contributed by atoms with van der Waals surface area (Å²) in [5, 5.41) is 12.5. The quantitative estimate of drug-likeness (QED) is 0.394. The van der Waals surface area contributed by atoms with E-state index in [1.165, 1.54) is 6.07 Å². The standard InChI is InChI=1S/C12H8N2O3/c13-9-5-8-7-3-1-2-4-11(7)17-12(8)6-10(9)14(15)16/h1-6H,13H2. The maximum Gasteiger partial charge on any atom is 0.295 e. The highest BCUT2D eigenvalue weighted by molar-refractivity contribution is 6.07. The van der Waals surface area contributed by atoms with E-state index in [2.05, 4.69) is 0 Å². The molecule has 0 aliphatic heterocycles. The third kappa shape index (κ3) is 1.32. The maximum absolute atomic E-state index is 10.8. The lowest BCUT2D eigenvalue weighted by Gasteiger charge is -1.96. The van der Waals surface area contributed by atoms with Crippen molar-refractivity contribution in [1.82, 2.24) is 0 Å². The third-order valence-corrected chi connectivity index (χ3v) is 2.72. The van der Waals surface area contributed by atoms with Crippen molar-refractivity contribution in [2.45, 2.75) is 0 Å². The van der Waals surface area contributed by atoms with Crippen LogP contribution in [-0.2, 0) is 0 Å². The fourth-order valence-corrected chi connectivity index (χ4v) is 1.94. The Morgan fingerprint density at radius 1 is 1.12 bits per heavy atom. The van der Waals surface area contributed by atoms with Crippen LogP contribution in [0.3, 0.4) is 0 Å². The van der Waals surface area contributed by atoms with Gasteiger partial charge in [-0.05, 0) is 12.1 Å². The molecule has 0 radical (unpaired) electrons. The monoisotopic (exact) mass is 228 g/mol. The third-order valence-electron chi connectivity index (χ3n) is 2.72. The Kier molecular flexibility index (Phi) is 1.82. The highest BCUT2D eigenvalue weighted by atomic mass is 16.6. The lowest BCUT2D eigenvalue weighted by molar-refractivity contribution is -0.383. The Hall–Kier alpha value is -2.56. The van der Waals surface area contributed by atoms with Crippen molar-refractivity contribution in [2.75, 3.05) is 5.73 Å². The second-order valence-corrected chi connectivity index (χ2v) is 3.76. The summed E-state index contributed by atoms with van der Waals surface area (Å²) in [6, 6.07) is 10.4. The lowest BCUT2D eigenvalue weighted by Crippen LogP contribution is -1.94. The van der Waals surface area contributed by atoms with Crippen molar-refractivity contribution in [3.8, 4) is 0 Å². The van der Waals surface area contributed by atoms with Crippen LogP contribution in [0.5, 0.6) is 0 Å². The van der Waals surface area contributed by atoms with Gasteiger partial charge < -0.3 is 10.2 Å². The van der Waals surface area contributed by atoms with Gasteiger partial charge in [0.25, 0.3) is 5.69 Å². The Bertz CT molecular complexity index is 746. The minimum atomic E-state index is -0.512. The van der Waals surface area contributed by atoms with Crippen molar-refractivity contribution in [1.29, 1.82) is 0 Å². The Labute approximate surface area is 95.6 Å². The van der Waals surface area contributed by atoms with Gasteiger partial charge >= 0.3 is 0 Å². The zero-order valence-corrected chi connectivity index (χ0v) is 8.71. The van der Waals surface area contributed by atoms with E-state index in [4.69, 9.17) is 10.2 Å². The molecule has 0 saturated carbocycles. The summed E-state index contributed by atoms with van der Waals surface area (Å²) in [5.74, 6) is 0. The summed E-state index contributed by atoms with van der Waals surface area (Å²) in [7, 11) is 0. The molecule has 0 spiro atoms. The first-order valence-corrected chi connectivity index (χ1v) is 5.02. The van der Waals surface area contributed by atoms with E-state index < -0.39 is 4.92 Å². The average molecular weight is 228 g/mol. The number of para-hydroxylation sites is 1. The van der Waals surface area contributed by atoms with Gasteiger partial charge in [0.1, 0.15) is 16.9 Å². The molecule has 0 amide bonds. The summed E-state index contributed by atoms with van der Waals surface area (Å²) in [6.07, 6.45) is 0. The van der Waals surface area contributed by atoms with Crippen molar-refractivity contribution >= 4 is 33.3 Å². The number of nitro benzene ring substituents is 1. The SMILES string of the molecule is Nc1cc2c(cc1[N+](=O)[O-])oc1ccccc12. The number of hydrogen-bond donors (Lipinski definition) is 1. The van der Waals surface area contributed by atoms with Gasteiger partial charge in [-0.1, -0.05) is 18.2 Å². The summed E-state index contributed by atoms with van der Waals surface area (Å²) in [6.45, 7) is 0. The Balaban J connectivity index is 2.46. The smallest absolute Gasteiger partial charge is 0.295 e. The van der Waals surface area contributed by atoms with Gasteiger partial charge in [0.15, 0.2) is 0 Å². The number of nitrogens with zero attached hydrogens (tertiary/aromatic N) is 1. The first-order valence-electron chi connectivity index (χ1n) is 5.02. The summed E-state index contributed by atoms with van der Waals surface area (Å²) in [4.78, 5) is 10.3. The highest BCUT2D eigenvalue weighted by Crippen LogP contribution is 2.34. The van der Waals surface area contributed by atoms with Crippen LogP contribution < -0.4 is 5.73 Å². The molecule has 0 unspecified atom stereocenters. The molecule has 5 heteroatoms. The number of furan rings is 1. The Morgan fingerprint density at radius 2 is 1.88 bits per heavy atom. The van der Waals surface area contributed by atoms with Gasteiger partial charge in [0, 0.05) is 10.8 Å². The zero-order valence-electron chi connectivity index (χ0n) is 8.71. The van der Waals surface area contributed by atoms with Crippen molar-refractivity contribution in [3.05, 3.63) is 46.5 Å². The molecule has 0 aliphatic rings. The number of fused-ring (bicyclic) bond motifs is 3. The van der Waals surface area contributed by atoms with Gasteiger partial charge in [0.2, 0.25) is 0 Å². The number of anilines is 1. The number of nitrogen functional groups attached to an aromatic ring is 1. The van der Waals surface area contributed by atoms with E-state index in [0.29, 0.717) is 11.2 Å². The van der Waals surface area contributed by atoms with Crippen LogP contribution in [0, 0.1) is 10.1 Å². The van der Waals surface area contributed by atoms with Crippen molar-refractivity contribution in [3.63, 3.8) is 0 Å². The first-order chi connectivity index (χ1) is 8.16. The highest BCUT2D eigenvalue weighted by Gasteiger charge is 2.16. The van der Waals surface area contributed by atoms with Gasteiger partial charge in [-0.25, -0.2) is 0 Å². The molecule has 0 atom stereocenters. The molecule has 0 saturated heterocycles. The summed E-state index contributed by atoms with van der Waals surface area (Å²) < 4.78 is 5.54. The first kappa shape index (κ1) is 9.65. The van der Waals surface area contributed by atoms with Crippen molar-refractivity contribution in [2.24, 2.45) is 0 Å². The minimum Gasteiger partial charge on any atom is -0.456 e. The van der Waals surface area contributed by atoms with E-state index >= 15 is 0 Å². The second-order valence-electron chi connectivity index (χ2n) is 3.76. The van der Waals surface area contributed by atoms with Crippen LogP contribution in [0.15, 0.2) is 40.8 Å². The summed E-state index contributed by atoms with van der Waals surface area (Å²) in [5.41, 5.74) is 6.85. The van der Waals surface area contributed by atoms with Gasteiger partial charge in [-0.3, -0.25) is 10.1 Å². The molecule has 17 heavy (non-hydrogen) atoms. The Morgan fingerprint density at radius 3 is 2.65 bits per heavy atom. The molecule has 1 heterocycles. The number of nitro groups is 1. The largest absolute Gasteiger partial charge is 0.456 e. The predicted octanol–water partition coefficient (Wildman–Crippen LogP) is 3.08. The molecule has 5 nitrogen and oxygen atoms in total. The fraction of sp³-hybridized carbons (Fsp3) is 0. The number of benzene rings is 2. The topological polar surface area (TPSA) is 82.3 Å². The molecule has 1 aromatic heterocycles. The molecule has 2 aromatic carbocycles. The van der Waals surface area contributed by atoms with E-state index in [1.807, 2.05) is 24.3 Å². The van der Waals surface area contributed by atoms with Crippen LogP contribution in [0.2, 0.25) is 0 Å². The van der Waals surface area contributed by atoms with Crippen LogP contribution in [0.4, 0.5) is 11.4 Å². The summed E-state index contributed by atoms with van der Waals surface area (Å²) >= 11 is 0. The van der Waals surface area contributed by atoms with Gasteiger partial charge in [0.05, 0.1) is 11.0 Å². The number of hydrogen-bond acceptors (Lipinski definition) is 4. The minimum absolute atomic E-state index is 0.128. The van der Waals surface area contributed by atoms with E-state index in [1.54, 1.807) is 6.07 Å². The molecule has 0 bridgehead atoms. The molecular formula is C12H8N2O3. The molecule has 3 aromatic rings. The molecule has 0 aliphatic carbocycles. The molecule has 0 fully saturated rings. The number of rotatable bonds is 1. The maximum atomic E-state index is 10.8. The van der Waals surface area contributed by atoms with E-state index in [0.717, 1.165) is 10.8 Å². The second kappa shape index (κ2) is 3.21. The van der Waals surface area contributed by atoms with Gasteiger partial charge in [-0.2, -0.15) is 0 Å².